The molecule has 45 heavy (non-hydrogen) atoms. The Hall–Kier alpha value is -6.13. The first-order chi connectivity index (χ1) is 22.3. The number of hydrogen-bond acceptors (Lipinski definition) is 4. The molecule has 2 aromatic heterocycles. The third kappa shape index (κ3) is 4.35. The minimum absolute atomic E-state index is 0.609. The smallest absolute Gasteiger partial charge is 0.164 e. The van der Waals surface area contributed by atoms with Gasteiger partial charge < -0.3 is 4.42 Å². The van der Waals surface area contributed by atoms with Crippen LogP contribution in [0.1, 0.15) is 0 Å². The minimum Gasteiger partial charge on any atom is -0.456 e. The summed E-state index contributed by atoms with van der Waals surface area (Å²) in [5, 5.41) is 6.79. The minimum atomic E-state index is 0.609. The Kier molecular flexibility index (Phi) is 5.78. The first-order valence-corrected chi connectivity index (χ1v) is 15.0. The molecule has 0 amide bonds. The molecule has 9 aromatic rings. The Balaban J connectivity index is 1.27. The van der Waals surface area contributed by atoms with E-state index in [0.29, 0.717) is 17.5 Å². The van der Waals surface area contributed by atoms with Gasteiger partial charge in [-0.3, -0.25) is 0 Å². The van der Waals surface area contributed by atoms with E-state index in [9.17, 15) is 0 Å². The van der Waals surface area contributed by atoms with Crippen LogP contribution < -0.4 is 0 Å². The first-order valence-electron chi connectivity index (χ1n) is 15.0. The zero-order chi connectivity index (χ0) is 29.7. The van der Waals surface area contributed by atoms with Gasteiger partial charge in [0.2, 0.25) is 0 Å². The van der Waals surface area contributed by atoms with E-state index in [4.69, 9.17) is 19.4 Å². The molecule has 0 radical (unpaired) electrons. The van der Waals surface area contributed by atoms with E-state index in [2.05, 4.69) is 103 Å². The lowest BCUT2D eigenvalue weighted by atomic mass is 9.99. The van der Waals surface area contributed by atoms with E-state index in [1.54, 1.807) is 0 Å². The van der Waals surface area contributed by atoms with Crippen molar-refractivity contribution < 1.29 is 4.42 Å². The molecule has 4 heteroatoms. The van der Waals surface area contributed by atoms with E-state index in [1.807, 2.05) is 48.5 Å². The molecule has 2 heterocycles. The second-order valence-corrected chi connectivity index (χ2v) is 11.3. The summed E-state index contributed by atoms with van der Waals surface area (Å²) in [4.78, 5) is 15.2. The molecule has 9 rings (SSSR count). The molecule has 0 fully saturated rings. The van der Waals surface area contributed by atoms with Gasteiger partial charge in [-0.2, -0.15) is 0 Å². The van der Waals surface area contributed by atoms with Crippen molar-refractivity contribution >= 4 is 43.5 Å². The van der Waals surface area contributed by atoms with Crippen LogP contribution >= 0.6 is 0 Å². The highest BCUT2D eigenvalue weighted by Gasteiger charge is 2.18. The zero-order valence-corrected chi connectivity index (χ0v) is 24.2. The van der Waals surface area contributed by atoms with Gasteiger partial charge in [0.05, 0.1) is 0 Å². The Bertz CT molecular complexity index is 2540. The van der Waals surface area contributed by atoms with Crippen LogP contribution in [0.5, 0.6) is 0 Å². The van der Waals surface area contributed by atoms with Gasteiger partial charge >= 0.3 is 0 Å². The van der Waals surface area contributed by atoms with Crippen LogP contribution in [0.4, 0.5) is 0 Å². The van der Waals surface area contributed by atoms with Crippen LogP contribution in [-0.4, -0.2) is 15.0 Å². The molecular formula is C41H25N3O. The van der Waals surface area contributed by atoms with Gasteiger partial charge in [-0.05, 0) is 56.9 Å². The molecule has 0 N–H and O–H groups in total. The third-order valence-electron chi connectivity index (χ3n) is 8.52. The molecule has 0 unspecified atom stereocenters. The summed E-state index contributed by atoms with van der Waals surface area (Å²) in [6.07, 6.45) is 0. The largest absolute Gasteiger partial charge is 0.456 e. The van der Waals surface area contributed by atoms with Crippen molar-refractivity contribution in [1.29, 1.82) is 0 Å². The maximum absolute atomic E-state index is 6.42. The predicted octanol–water partition coefficient (Wildman–Crippen LogP) is 10.7. The van der Waals surface area contributed by atoms with Crippen LogP contribution in [0, 0.1) is 0 Å². The summed E-state index contributed by atoms with van der Waals surface area (Å²) in [5.74, 6) is 1.87. The molecule has 0 saturated carbocycles. The molecular weight excluding hydrogens is 550 g/mol. The molecule has 4 nitrogen and oxygen atoms in total. The molecule has 0 atom stereocenters. The lowest BCUT2D eigenvalue weighted by molar-refractivity contribution is 0.669. The lowest BCUT2D eigenvalue weighted by Gasteiger charge is -2.10. The second-order valence-electron chi connectivity index (χ2n) is 11.3. The van der Waals surface area contributed by atoms with Crippen LogP contribution in [0.3, 0.4) is 0 Å². The summed E-state index contributed by atoms with van der Waals surface area (Å²) >= 11 is 0. The van der Waals surface area contributed by atoms with E-state index in [1.165, 1.54) is 21.5 Å². The molecule has 0 spiro atoms. The van der Waals surface area contributed by atoms with Crippen LogP contribution in [0.25, 0.3) is 88.8 Å². The SMILES string of the molecule is c1ccc(-c2ccc3c(c2)oc2cccc(-c4nc(-c5ccccc5)nc(-c5ccc6ccc7ccccc7c6c5)n4)c23)cc1. The first kappa shape index (κ1) is 25.4. The molecule has 7 aromatic carbocycles. The number of fused-ring (bicyclic) bond motifs is 6. The van der Waals surface area contributed by atoms with Gasteiger partial charge in [0, 0.05) is 27.5 Å². The van der Waals surface area contributed by atoms with Crippen LogP contribution in [-0.2, 0) is 0 Å². The quantitative estimate of drug-likeness (QED) is 0.196. The van der Waals surface area contributed by atoms with Crippen molar-refractivity contribution in [3.8, 4) is 45.3 Å². The van der Waals surface area contributed by atoms with E-state index in [0.717, 1.165) is 49.8 Å². The van der Waals surface area contributed by atoms with Crippen molar-refractivity contribution in [1.82, 2.24) is 15.0 Å². The Morgan fingerprint density at radius 2 is 1.00 bits per heavy atom. The summed E-state index contributed by atoms with van der Waals surface area (Å²) in [6, 6.07) is 52.2. The highest BCUT2D eigenvalue weighted by Crippen LogP contribution is 2.38. The van der Waals surface area contributed by atoms with Crippen molar-refractivity contribution in [3.63, 3.8) is 0 Å². The van der Waals surface area contributed by atoms with Crippen LogP contribution in [0.2, 0.25) is 0 Å². The van der Waals surface area contributed by atoms with Crippen molar-refractivity contribution in [2.75, 3.05) is 0 Å². The lowest BCUT2D eigenvalue weighted by Crippen LogP contribution is -2.00. The van der Waals surface area contributed by atoms with E-state index in [-0.39, 0.29) is 0 Å². The topological polar surface area (TPSA) is 51.8 Å². The molecule has 0 aliphatic heterocycles. The highest BCUT2D eigenvalue weighted by molar-refractivity contribution is 6.12. The van der Waals surface area contributed by atoms with Gasteiger partial charge in [-0.1, -0.05) is 127 Å². The van der Waals surface area contributed by atoms with E-state index >= 15 is 0 Å². The monoisotopic (exact) mass is 575 g/mol. The molecule has 0 saturated heterocycles. The van der Waals surface area contributed by atoms with E-state index < -0.39 is 0 Å². The number of furan rings is 1. The van der Waals surface area contributed by atoms with Gasteiger partial charge in [0.15, 0.2) is 17.5 Å². The number of rotatable bonds is 4. The number of aromatic nitrogens is 3. The molecule has 0 aliphatic carbocycles. The molecule has 210 valence electrons. The van der Waals surface area contributed by atoms with Gasteiger partial charge in [-0.25, -0.2) is 15.0 Å². The Morgan fingerprint density at radius 3 is 1.82 bits per heavy atom. The van der Waals surface area contributed by atoms with Gasteiger partial charge in [0.25, 0.3) is 0 Å². The van der Waals surface area contributed by atoms with Crippen molar-refractivity contribution in [3.05, 3.63) is 152 Å². The molecule has 0 bridgehead atoms. The normalized spacial score (nSPS) is 11.6. The third-order valence-corrected chi connectivity index (χ3v) is 8.52. The molecule has 0 aliphatic rings. The second kappa shape index (κ2) is 10.2. The Morgan fingerprint density at radius 1 is 0.356 bits per heavy atom. The van der Waals surface area contributed by atoms with Crippen LogP contribution in [0.15, 0.2) is 156 Å². The summed E-state index contributed by atoms with van der Waals surface area (Å²) in [6.45, 7) is 0. The number of nitrogens with zero attached hydrogens (tertiary/aromatic N) is 3. The van der Waals surface area contributed by atoms with Gasteiger partial charge in [0.1, 0.15) is 11.2 Å². The fourth-order valence-corrected chi connectivity index (χ4v) is 6.31. The number of benzene rings is 7. The Labute approximate surface area is 259 Å². The fourth-order valence-electron chi connectivity index (χ4n) is 6.31. The average Bonchev–Trinajstić information content (AvgIpc) is 3.50. The summed E-state index contributed by atoms with van der Waals surface area (Å²) in [5.41, 5.74) is 6.68. The summed E-state index contributed by atoms with van der Waals surface area (Å²) < 4.78 is 6.42. The number of hydrogen-bond donors (Lipinski definition) is 0. The maximum atomic E-state index is 6.42. The highest BCUT2D eigenvalue weighted by atomic mass is 16.3. The average molecular weight is 576 g/mol. The van der Waals surface area contributed by atoms with Gasteiger partial charge in [-0.15, -0.1) is 0 Å². The van der Waals surface area contributed by atoms with Crippen molar-refractivity contribution in [2.24, 2.45) is 0 Å². The predicted molar refractivity (Wildman–Crippen MR) is 184 cm³/mol. The standard InChI is InChI=1S/C41H25N3O/c1-3-10-26(11-4-1)30-22-23-33-37(25-30)45-36-17-9-16-34(38(33)36)41-43-39(29-13-5-2-6-14-29)42-40(44-41)31-21-20-28-19-18-27-12-7-8-15-32(27)35(28)24-31/h1-25H. The van der Waals surface area contributed by atoms with Crippen molar-refractivity contribution in [2.45, 2.75) is 0 Å². The zero-order valence-electron chi connectivity index (χ0n) is 24.2. The fraction of sp³-hybridized carbons (Fsp3) is 0. The summed E-state index contributed by atoms with van der Waals surface area (Å²) in [7, 11) is 0. The maximum Gasteiger partial charge on any atom is 0.164 e.